The fourth-order valence-corrected chi connectivity index (χ4v) is 4.77. The number of hydrogen-bond acceptors (Lipinski definition) is 4. The maximum absolute atomic E-state index is 12.5. The van der Waals surface area contributed by atoms with Gasteiger partial charge in [0.25, 0.3) is 20.0 Å². The predicted octanol–water partition coefficient (Wildman–Crippen LogP) is 4.25. The van der Waals surface area contributed by atoms with E-state index in [1.165, 1.54) is 36.4 Å². The summed E-state index contributed by atoms with van der Waals surface area (Å²) in [5, 5.41) is 0.344. The van der Waals surface area contributed by atoms with Gasteiger partial charge in [-0.2, -0.15) is 0 Å². The number of sulfonamides is 2. The van der Waals surface area contributed by atoms with Gasteiger partial charge in [-0.25, -0.2) is 16.8 Å². The normalized spacial score (nSPS) is 11.8. The van der Waals surface area contributed by atoms with Gasteiger partial charge < -0.3 is 0 Å². The van der Waals surface area contributed by atoms with E-state index < -0.39 is 20.0 Å². The molecule has 6 nitrogen and oxygen atoms in total. The molecule has 2 N–H and O–H groups in total. The third kappa shape index (κ3) is 4.64. The minimum absolute atomic E-state index is 0.0117. The van der Waals surface area contributed by atoms with Crippen LogP contribution >= 0.6 is 11.6 Å². The van der Waals surface area contributed by atoms with Crippen molar-refractivity contribution >= 4 is 43.0 Å². The van der Waals surface area contributed by atoms with Crippen LogP contribution in [0, 0.1) is 6.92 Å². The summed E-state index contributed by atoms with van der Waals surface area (Å²) in [6.07, 6.45) is 0. The summed E-state index contributed by atoms with van der Waals surface area (Å²) in [6, 6.07) is 18.3. The Labute approximate surface area is 169 Å². The molecule has 3 rings (SSSR count). The van der Waals surface area contributed by atoms with Crippen molar-refractivity contribution in [2.24, 2.45) is 0 Å². The Kier molecular flexibility index (Phi) is 5.64. The van der Waals surface area contributed by atoms with Crippen LogP contribution in [0.5, 0.6) is 0 Å². The van der Waals surface area contributed by atoms with Crippen molar-refractivity contribution in [2.45, 2.75) is 16.7 Å². The summed E-state index contributed by atoms with van der Waals surface area (Å²) in [4.78, 5) is 0.0308. The minimum atomic E-state index is -3.85. The maximum atomic E-state index is 12.5. The average Bonchev–Trinajstić information content (AvgIpc) is 2.64. The second kappa shape index (κ2) is 7.83. The smallest absolute Gasteiger partial charge is 0.261 e. The highest BCUT2D eigenvalue weighted by Gasteiger charge is 2.17. The van der Waals surface area contributed by atoms with Crippen molar-refractivity contribution in [1.82, 2.24) is 0 Å². The zero-order valence-corrected chi connectivity index (χ0v) is 17.1. The monoisotopic (exact) mass is 436 g/mol. The lowest BCUT2D eigenvalue weighted by Gasteiger charge is -2.11. The summed E-state index contributed by atoms with van der Waals surface area (Å²) in [6.45, 7) is 1.77. The molecule has 0 aliphatic rings. The van der Waals surface area contributed by atoms with Crippen LogP contribution in [0.4, 0.5) is 11.4 Å². The number of benzene rings is 3. The van der Waals surface area contributed by atoms with E-state index >= 15 is 0 Å². The molecule has 3 aromatic rings. The lowest BCUT2D eigenvalue weighted by atomic mass is 10.2. The van der Waals surface area contributed by atoms with Crippen LogP contribution in [0.1, 0.15) is 5.56 Å². The quantitative estimate of drug-likeness (QED) is 0.604. The fourth-order valence-electron chi connectivity index (χ4n) is 2.38. The first kappa shape index (κ1) is 20.2. The molecule has 28 heavy (non-hydrogen) atoms. The molecule has 0 atom stereocenters. The molecule has 0 aliphatic heterocycles. The van der Waals surface area contributed by atoms with E-state index in [1.54, 1.807) is 43.3 Å². The number of hydrogen-bond donors (Lipinski definition) is 2. The Morgan fingerprint density at radius 3 is 1.75 bits per heavy atom. The molecule has 0 amide bonds. The van der Waals surface area contributed by atoms with Gasteiger partial charge in [-0.1, -0.05) is 35.9 Å². The van der Waals surface area contributed by atoms with Gasteiger partial charge in [0.1, 0.15) is 0 Å². The van der Waals surface area contributed by atoms with Gasteiger partial charge in [-0.3, -0.25) is 9.44 Å². The highest BCUT2D eigenvalue weighted by molar-refractivity contribution is 7.93. The zero-order chi connectivity index (χ0) is 20.4. The molecule has 9 heteroatoms. The average molecular weight is 437 g/mol. The van der Waals surface area contributed by atoms with E-state index in [1.807, 2.05) is 0 Å². The Balaban J connectivity index is 1.79. The maximum Gasteiger partial charge on any atom is 0.261 e. The Morgan fingerprint density at radius 2 is 1.18 bits per heavy atom. The van der Waals surface area contributed by atoms with Crippen molar-refractivity contribution in [1.29, 1.82) is 0 Å². The lowest BCUT2D eigenvalue weighted by Crippen LogP contribution is -2.14. The van der Waals surface area contributed by atoms with Crippen LogP contribution in [-0.2, 0) is 20.0 Å². The first-order chi connectivity index (χ1) is 13.2. The number of rotatable bonds is 6. The lowest BCUT2D eigenvalue weighted by molar-refractivity contribution is 0.600. The molecule has 0 saturated carbocycles. The molecule has 0 bridgehead atoms. The van der Waals surface area contributed by atoms with Gasteiger partial charge >= 0.3 is 0 Å². The van der Waals surface area contributed by atoms with Crippen LogP contribution in [0.3, 0.4) is 0 Å². The van der Waals surface area contributed by atoms with Crippen LogP contribution < -0.4 is 9.44 Å². The van der Waals surface area contributed by atoms with Crippen molar-refractivity contribution in [2.75, 3.05) is 9.44 Å². The number of para-hydroxylation sites is 1. The SMILES string of the molecule is Cc1ccc(S(=O)(=O)Nc2ccc(S(=O)(=O)Nc3ccccc3)cc2)cc1Cl. The summed E-state index contributed by atoms with van der Waals surface area (Å²) >= 11 is 5.99. The standard InChI is InChI=1S/C19H17ClN2O4S2/c1-14-7-10-18(13-19(14)20)28(25,26)22-16-8-11-17(12-9-16)27(23,24)21-15-5-3-2-4-6-15/h2-13,21-22H,1H3. The molecule has 0 aliphatic carbocycles. The van der Waals surface area contributed by atoms with E-state index in [0.29, 0.717) is 10.7 Å². The van der Waals surface area contributed by atoms with Crippen molar-refractivity contribution in [3.05, 3.63) is 83.4 Å². The first-order valence-electron chi connectivity index (χ1n) is 8.14. The summed E-state index contributed by atoms with van der Waals surface area (Å²) in [7, 11) is -7.63. The van der Waals surface area contributed by atoms with Crippen LogP contribution in [-0.4, -0.2) is 16.8 Å². The molecule has 0 spiro atoms. The van der Waals surface area contributed by atoms with E-state index in [-0.39, 0.29) is 15.5 Å². The molecular weight excluding hydrogens is 420 g/mol. The number of aryl methyl sites for hydroxylation is 1. The molecule has 0 saturated heterocycles. The largest absolute Gasteiger partial charge is 0.280 e. The highest BCUT2D eigenvalue weighted by atomic mass is 35.5. The van der Waals surface area contributed by atoms with E-state index in [4.69, 9.17) is 11.6 Å². The van der Waals surface area contributed by atoms with Crippen LogP contribution in [0.25, 0.3) is 0 Å². The van der Waals surface area contributed by atoms with Crippen molar-refractivity contribution < 1.29 is 16.8 Å². The molecule has 0 heterocycles. The van der Waals surface area contributed by atoms with Crippen molar-refractivity contribution in [3.63, 3.8) is 0 Å². The van der Waals surface area contributed by atoms with E-state index in [9.17, 15) is 16.8 Å². The van der Waals surface area contributed by atoms with Gasteiger partial charge in [-0.05, 0) is 61.0 Å². The van der Waals surface area contributed by atoms with Gasteiger partial charge in [0, 0.05) is 16.4 Å². The first-order valence-corrected chi connectivity index (χ1v) is 11.5. The van der Waals surface area contributed by atoms with Gasteiger partial charge in [0.15, 0.2) is 0 Å². The second-order valence-corrected chi connectivity index (χ2v) is 9.78. The molecule has 0 aromatic heterocycles. The second-order valence-electron chi connectivity index (χ2n) is 6.01. The molecule has 146 valence electrons. The van der Waals surface area contributed by atoms with E-state index in [2.05, 4.69) is 9.44 Å². The molecular formula is C19H17ClN2O4S2. The molecule has 0 radical (unpaired) electrons. The fraction of sp³-hybridized carbons (Fsp3) is 0.0526. The molecule has 0 unspecified atom stereocenters. The topological polar surface area (TPSA) is 92.3 Å². The third-order valence-corrected chi connectivity index (χ3v) is 7.08. The van der Waals surface area contributed by atoms with E-state index in [0.717, 1.165) is 5.56 Å². The number of anilines is 2. The summed E-state index contributed by atoms with van der Waals surface area (Å²) in [5.41, 5.74) is 1.43. The Bertz CT molecular complexity index is 1190. The Morgan fingerprint density at radius 1 is 0.679 bits per heavy atom. The van der Waals surface area contributed by atoms with Gasteiger partial charge in [0.05, 0.1) is 9.79 Å². The number of halogens is 1. The van der Waals surface area contributed by atoms with Gasteiger partial charge in [0.2, 0.25) is 0 Å². The van der Waals surface area contributed by atoms with Gasteiger partial charge in [-0.15, -0.1) is 0 Å². The Hall–Kier alpha value is -2.55. The third-order valence-electron chi connectivity index (χ3n) is 3.90. The zero-order valence-electron chi connectivity index (χ0n) is 14.8. The van der Waals surface area contributed by atoms with Crippen LogP contribution in [0.2, 0.25) is 5.02 Å². The summed E-state index contributed by atoms with van der Waals surface area (Å²) in [5.74, 6) is 0. The van der Waals surface area contributed by atoms with Crippen LogP contribution in [0.15, 0.2) is 82.6 Å². The number of nitrogens with one attached hydrogen (secondary N) is 2. The predicted molar refractivity (Wildman–Crippen MR) is 111 cm³/mol. The highest BCUT2D eigenvalue weighted by Crippen LogP contribution is 2.23. The molecule has 3 aromatic carbocycles. The van der Waals surface area contributed by atoms with Crippen molar-refractivity contribution in [3.8, 4) is 0 Å². The minimum Gasteiger partial charge on any atom is -0.280 e. The summed E-state index contributed by atoms with van der Waals surface area (Å²) < 4.78 is 54.7. The molecule has 0 fully saturated rings.